The van der Waals surface area contributed by atoms with Crippen LogP contribution in [0, 0.1) is 0 Å². The number of rotatable bonds is 2. The van der Waals surface area contributed by atoms with Gasteiger partial charge in [0.2, 0.25) is 0 Å². The van der Waals surface area contributed by atoms with Crippen molar-refractivity contribution in [3.63, 3.8) is 0 Å². The van der Waals surface area contributed by atoms with Crippen LogP contribution in [0.2, 0.25) is 0 Å². The lowest BCUT2D eigenvalue weighted by Crippen LogP contribution is -2.09. The summed E-state index contributed by atoms with van der Waals surface area (Å²) in [5.41, 5.74) is 0. The molecule has 2 heteroatoms. The highest BCUT2D eigenvalue weighted by atomic mass is 32.2. The molecule has 0 amide bonds. The summed E-state index contributed by atoms with van der Waals surface area (Å²) in [6, 6.07) is 15.1. The summed E-state index contributed by atoms with van der Waals surface area (Å²) in [5.74, 6) is 0.454. The molecule has 0 unspecified atom stereocenters. The predicted octanol–water partition coefficient (Wildman–Crippen LogP) is 5.61. The Labute approximate surface area is 131 Å². The van der Waals surface area contributed by atoms with E-state index in [1.807, 2.05) is 11.8 Å². The summed E-state index contributed by atoms with van der Waals surface area (Å²) in [7, 11) is 0. The summed E-state index contributed by atoms with van der Waals surface area (Å²) >= 11 is 1.89. The smallest absolute Gasteiger partial charge is 0.134 e. The zero-order chi connectivity index (χ0) is 14.5. The fraction of sp³-hybridized carbons (Fsp3) is 0.421. The first kappa shape index (κ1) is 14.6. The molecule has 0 aromatic heterocycles. The Kier molecular flexibility index (Phi) is 4.97. The Bertz CT molecular complexity index is 620. The van der Waals surface area contributed by atoms with Gasteiger partial charge in [-0.2, -0.15) is 0 Å². The van der Waals surface area contributed by atoms with Gasteiger partial charge in [-0.05, 0) is 35.7 Å². The minimum Gasteiger partial charge on any atom is -0.300 e. The molecule has 0 heterocycles. The Morgan fingerprint density at radius 2 is 1.71 bits per heavy atom. The van der Waals surface area contributed by atoms with Gasteiger partial charge in [-0.3, -0.25) is 4.79 Å². The zero-order valence-electron chi connectivity index (χ0n) is 12.4. The van der Waals surface area contributed by atoms with E-state index >= 15 is 0 Å². The molecule has 110 valence electrons. The molecule has 0 spiro atoms. The monoisotopic (exact) mass is 298 g/mol. The molecule has 1 nitrogen and oxygen atoms in total. The second-order valence-corrected chi connectivity index (χ2v) is 7.32. The molecule has 0 N–H and O–H groups in total. The average molecular weight is 298 g/mol. The van der Waals surface area contributed by atoms with Gasteiger partial charge in [-0.25, -0.2) is 0 Å². The van der Waals surface area contributed by atoms with Crippen LogP contribution < -0.4 is 0 Å². The lowest BCUT2D eigenvalue weighted by atomic mass is 10.1. The minimum absolute atomic E-state index is 0.454. The van der Waals surface area contributed by atoms with Crippen molar-refractivity contribution in [3.8, 4) is 0 Å². The summed E-state index contributed by atoms with van der Waals surface area (Å²) < 4.78 is 0. The number of carbonyl (C=O) groups is 1. The van der Waals surface area contributed by atoms with E-state index in [2.05, 4.69) is 42.5 Å². The number of Topliss-reactive ketones (excluding diaryl/α,β-unsaturated/α-hetero) is 1. The second kappa shape index (κ2) is 7.13. The van der Waals surface area contributed by atoms with Crippen molar-refractivity contribution in [2.75, 3.05) is 0 Å². The molecule has 1 fully saturated rings. The summed E-state index contributed by atoms with van der Waals surface area (Å²) in [6.45, 7) is 0. The summed E-state index contributed by atoms with van der Waals surface area (Å²) in [5, 5.41) is 3.03. The highest BCUT2D eigenvalue weighted by Crippen LogP contribution is 2.32. The van der Waals surface area contributed by atoms with Crippen molar-refractivity contribution in [2.45, 2.75) is 55.1 Å². The highest BCUT2D eigenvalue weighted by molar-refractivity contribution is 8.00. The number of hydrogen-bond donors (Lipinski definition) is 0. The van der Waals surface area contributed by atoms with Gasteiger partial charge in [0.1, 0.15) is 5.78 Å². The molecule has 2 aromatic carbocycles. The van der Waals surface area contributed by atoms with Gasteiger partial charge >= 0.3 is 0 Å². The SMILES string of the molecule is O=C1CCCCCC[C@H](Sc2ccc3ccccc3c2)C1. The van der Waals surface area contributed by atoms with Gasteiger partial charge in [0.25, 0.3) is 0 Å². The molecule has 1 aliphatic rings. The minimum atomic E-state index is 0.454. The van der Waals surface area contributed by atoms with Crippen LogP contribution in [0.25, 0.3) is 10.8 Å². The third-order valence-corrected chi connectivity index (χ3v) is 5.47. The fourth-order valence-corrected chi connectivity index (χ4v) is 4.32. The van der Waals surface area contributed by atoms with Crippen LogP contribution >= 0.6 is 11.8 Å². The number of carbonyl (C=O) groups excluding carboxylic acids is 1. The van der Waals surface area contributed by atoms with Crippen LogP contribution in [0.15, 0.2) is 47.4 Å². The van der Waals surface area contributed by atoms with Crippen LogP contribution in [-0.2, 0) is 4.79 Å². The van der Waals surface area contributed by atoms with Crippen LogP contribution in [0.1, 0.15) is 44.9 Å². The van der Waals surface area contributed by atoms with Crippen molar-refractivity contribution in [2.24, 2.45) is 0 Å². The van der Waals surface area contributed by atoms with Gasteiger partial charge in [-0.15, -0.1) is 11.8 Å². The van der Waals surface area contributed by atoms with E-state index in [4.69, 9.17) is 0 Å². The second-order valence-electron chi connectivity index (χ2n) is 5.94. The highest BCUT2D eigenvalue weighted by Gasteiger charge is 2.17. The van der Waals surface area contributed by atoms with Gasteiger partial charge in [0.05, 0.1) is 0 Å². The number of thioether (sulfide) groups is 1. The molecule has 21 heavy (non-hydrogen) atoms. The van der Waals surface area contributed by atoms with E-state index in [1.165, 1.54) is 41.4 Å². The number of benzene rings is 2. The molecule has 1 aliphatic carbocycles. The van der Waals surface area contributed by atoms with E-state index in [0.717, 1.165) is 19.3 Å². The van der Waals surface area contributed by atoms with Gasteiger partial charge < -0.3 is 0 Å². The Hall–Kier alpha value is -1.28. The van der Waals surface area contributed by atoms with Crippen molar-refractivity contribution in [1.29, 1.82) is 0 Å². The standard InChI is InChI=1S/C19H22OS/c20-17-9-3-1-2-4-10-18(14-17)21-19-12-11-15-7-5-6-8-16(15)13-19/h5-8,11-13,18H,1-4,9-10,14H2/t18-/m0/s1. The van der Waals surface area contributed by atoms with Crippen molar-refractivity contribution >= 4 is 28.3 Å². The first-order chi connectivity index (χ1) is 10.3. The first-order valence-electron chi connectivity index (χ1n) is 7.98. The Balaban J connectivity index is 1.74. The molecule has 0 aliphatic heterocycles. The van der Waals surface area contributed by atoms with Crippen molar-refractivity contribution in [3.05, 3.63) is 42.5 Å². The maximum absolute atomic E-state index is 12.0. The van der Waals surface area contributed by atoms with E-state index in [0.29, 0.717) is 11.0 Å². The molecule has 0 bridgehead atoms. The summed E-state index contributed by atoms with van der Waals surface area (Å²) in [6.07, 6.45) is 7.56. The molecule has 2 aromatic rings. The molecule has 3 rings (SSSR count). The third kappa shape index (κ3) is 4.10. The average Bonchev–Trinajstić information content (AvgIpc) is 2.59. The molecule has 0 radical (unpaired) electrons. The largest absolute Gasteiger partial charge is 0.300 e. The molecule has 1 atom stereocenters. The van der Waals surface area contributed by atoms with E-state index < -0.39 is 0 Å². The first-order valence-corrected chi connectivity index (χ1v) is 8.86. The van der Waals surface area contributed by atoms with Crippen LogP contribution in [0.5, 0.6) is 0 Å². The molecular formula is C19H22OS. The van der Waals surface area contributed by atoms with Crippen molar-refractivity contribution < 1.29 is 4.79 Å². The lowest BCUT2D eigenvalue weighted by molar-refractivity contribution is -0.119. The van der Waals surface area contributed by atoms with Gasteiger partial charge in [0.15, 0.2) is 0 Å². The van der Waals surface area contributed by atoms with E-state index in [1.54, 1.807) is 0 Å². The number of ketones is 1. The fourth-order valence-electron chi connectivity index (χ4n) is 3.04. The molecule has 1 saturated carbocycles. The van der Waals surface area contributed by atoms with Crippen LogP contribution in [0.4, 0.5) is 0 Å². The Morgan fingerprint density at radius 3 is 2.62 bits per heavy atom. The number of fused-ring (bicyclic) bond motifs is 1. The topological polar surface area (TPSA) is 17.1 Å². The lowest BCUT2D eigenvalue weighted by Gasteiger charge is -2.15. The zero-order valence-corrected chi connectivity index (χ0v) is 13.2. The van der Waals surface area contributed by atoms with Gasteiger partial charge in [0, 0.05) is 23.0 Å². The predicted molar refractivity (Wildman–Crippen MR) is 90.9 cm³/mol. The molecular weight excluding hydrogens is 276 g/mol. The number of hydrogen-bond acceptors (Lipinski definition) is 2. The quantitative estimate of drug-likeness (QED) is 0.716. The van der Waals surface area contributed by atoms with Crippen LogP contribution in [-0.4, -0.2) is 11.0 Å². The van der Waals surface area contributed by atoms with Crippen LogP contribution in [0.3, 0.4) is 0 Å². The normalized spacial score (nSPS) is 20.8. The van der Waals surface area contributed by atoms with Gasteiger partial charge in [-0.1, -0.05) is 49.6 Å². The molecule has 0 saturated heterocycles. The van der Waals surface area contributed by atoms with E-state index in [-0.39, 0.29) is 0 Å². The third-order valence-electron chi connectivity index (χ3n) is 4.21. The Morgan fingerprint density at radius 1 is 0.905 bits per heavy atom. The van der Waals surface area contributed by atoms with E-state index in [9.17, 15) is 4.79 Å². The van der Waals surface area contributed by atoms with Crippen molar-refractivity contribution in [1.82, 2.24) is 0 Å². The maximum atomic E-state index is 12.0. The summed E-state index contributed by atoms with van der Waals surface area (Å²) in [4.78, 5) is 13.3. The maximum Gasteiger partial charge on any atom is 0.134 e.